The van der Waals surface area contributed by atoms with Crippen LogP contribution in [-0.2, 0) is 39.8 Å². The Hall–Kier alpha value is -3.68. The fourth-order valence-electron chi connectivity index (χ4n) is 6.92. The zero-order chi connectivity index (χ0) is 38.4. The lowest BCUT2D eigenvalue weighted by Crippen LogP contribution is -2.64. The van der Waals surface area contributed by atoms with Crippen molar-refractivity contribution in [2.24, 2.45) is 23.7 Å². The van der Waals surface area contributed by atoms with Gasteiger partial charge >= 0.3 is 5.97 Å². The molecule has 2 N–H and O–H groups in total. The van der Waals surface area contributed by atoms with Gasteiger partial charge < -0.3 is 38.9 Å². The monoisotopic (exact) mass is 720 g/mol. The fraction of sp³-hybridized carbons (Fsp3) is 0.610. The van der Waals surface area contributed by atoms with Crippen molar-refractivity contribution in [1.29, 1.82) is 5.26 Å². The van der Waals surface area contributed by atoms with E-state index in [0.29, 0.717) is 18.4 Å². The second kappa shape index (κ2) is 21.1. The summed E-state index contributed by atoms with van der Waals surface area (Å²) in [6.07, 6.45) is -0.269. The van der Waals surface area contributed by atoms with Crippen LogP contribution in [0.2, 0.25) is 0 Å². The number of benzene rings is 1. The third kappa shape index (κ3) is 12.2. The third-order valence-corrected chi connectivity index (χ3v) is 9.97. The lowest BCUT2D eigenvalue weighted by molar-refractivity contribution is -0.307. The highest BCUT2D eigenvalue weighted by Gasteiger charge is 2.48. The van der Waals surface area contributed by atoms with Crippen molar-refractivity contribution < 1.29 is 43.5 Å². The van der Waals surface area contributed by atoms with E-state index in [-0.39, 0.29) is 25.2 Å². The number of aldehydes is 1. The Morgan fingerprint density at radius 2 is 1.77 bits per heavy atom. The van der Waals surface area contributed by atoms with Crippen LogP contribution in [0, 0.1) is 46.8 Å². The highest BCUT2D eigenvalue weighted by atomic mass is 16.7. The van der Waals surface area contributed by atoms with E-state index in [4.69, 9.17) is 18.9 Å². The number of rotatable bonds is 9. The smallest absolute Gasteiger partial charge is 0.308 e. The highest BCUT2D eigenvalue weighted by Crippen LogP contribution is 2.35. The molecule has 11 nitrogen and oxygen atoms in total. The number of hydrogen-bond acceptors (Lipinski definition) is 11. The van der Waals surface area contributed by atoms with E-state index in [1.807, 2.05) is 56.3 Å². The molecule has 0 bridgehead atoms. The van der Waals surface area contributed by atoms with Gasteiger partial charge in [0.05, 0.1) is 36.8 Å². The van der Waals surface area contributed by atoms with Crippen LogP contribution in [0.3, 0.4) is 0 Å². The van der Waals surface area contributed by atoms with Gasteiger partial charge in [-0.15, -0.1) is 0 Å². The molecule has 0 saturated carbocycles. The van der Waals surface area contributed by atoms with Crippen molar-refractivity contribution in [3.63, 3.8) is 0 Å². The van der Waals surface area contributed by atoms with Crippen molar-refractivity contribution in [2.45, 2.75) is 116 Å². The minimum absolute atomic E-state index is 0.00292. The van der Waals surface area contributed by atoms with E-state index in [0.717, 1.165) is 11.8 Å². The Morgan fingerprint density at radius 1 is 1.06 bits per heavy atom. The van der Waals surface area contributed by atoms with Gasteiger partial charge in [-0.2, -0.15) is 5.26 Å². The molecule has 52 heavy (non-hydrogen) atoms. The van der Waals surface area contributed by atoms with Crippen LogP contribution in [0.5, 0.6) is 0 Å². The SMILES string of the molecule is CC[C@H]1OC(=O)C[C@@H](O)[C@H](C)[C@@H](O[C@@H]2O[C@H](C)[C@@H](OCC#CCc3ccccc3)[C@H](N(C)C)[C@H]2O)[C@@H](CC=O)C[C@@H](C)C(=O)/C=C/C(C)=C/[C@@H]1C#N. The van der Waals surface area contributed by atoms with Crippen LogP contribution in [0.4, 0.5) is 0 Å². The summed E-state index contributed by atoms with van der Waals surface area (Å²) in [6.45, 7) is 8.95. The maximum atomic E-state index is 13.3. The normalized spacial score (nSPS) is 35.3. The van der Waals surface area contributed by atoms with Gasteiger partial charge in [0.2, 0.25) is 0 Å². The number of aliphatic hydroxyl groups excluding tert-OH is 2. The van der Waals surface area contributed by atoms with Crippen LogP contribution in [-0.4, -0.2) is 103 Å². The van der Waals surface area contributed by atoms with Crippen molar-refractivity contribution in [3.8, 4) is 17.9 Å². The zero-order valence-corrected chi connectivity index (χ0v) is 31.5. The zero-order valence-electron chi connectivity index (χ0n) is 31.5. The predicted octanol–water partition coefficient (Wildman–Crippen LogP) is 4.20. The first-order chi connectivity index (χ1) is 24.8. The van der Waals surface area contributed by atoms with E-state index in [2.05, 4.69) is 17.9 Å². The molecule has 12 atom stereocenters. The maximum Gasteiger partial charge on any atom is 0.308 e. The van der Waals surface area contributed by atoms with Crippen molar-refractivity contribution in [1.82, 2.24) is 4.90 Å². The van der Waals surface area contributed by atoms with Gasteiger partial charge in [-0.25, -0.2) is 0 Å². The van der Waals surface area contributed by atoms with Crippen LogP contribution in [0.15, 0.2) is 54.1 Å². The van der Waals surface area contributed by atoms with Crippen molar-refractivity contribution in [3.05, 3.63) is 59.7 Å². The topological polar surface area (TPSA) is 156 Å². The molecule has 284 valence electrons. The van der Waals surface area contributed by atoms with Crippen molar-refractivity contribution in [2.75, 3.05) is 20.7 Å². The van der Waals surface area contributed by atoms with Crippen molar-refractivity contribution >= 4 is 18.0 Å². The molecule has 2 aliphatic heterocycles. The Morgan fingerprint density at radius 3 is 2.40 bits per heavy atom. The van der Waals surface area contributed by atoms with Crippen LogP contribution in [0.25, 0.3) is 0 Å². The molecule has 0 aromatic heterocycles. The molecule has 2 heterocycles. The molecule has 0 amide bonds. The van der Waals surface area contributed by atoms with E-state index < -0.39 is 85.0 Å². The second-order valence-electron chi connectivity index (χ2n) is 14.2. The molecule has 0 unspecified atom stereocenters. The molecule has 1 fully saturated rings. The van der Waals surface area contributed by atoms with Gasteiger partial charge in [0.15, 0.2) is 12.1 Å². The summed E-state index contributed by atoms with van der Waals surface area (Å²) in [6, 6.07) is 11.5. The largest absolute Gasteiger partial charge is 0.461 e. The fourth-order valence-corrected chi connectivity index (χ4v) is 6.92. The predicted molar refractivity (Wildman–Crippen MR) is 195 cm³/mol. The average Bonchev–Trinajstić information content (AvgIpc) is 3.11. The molecule has 3 rings (SSSR count). The minimum atomic E-state index is -1.28. The molecular formula is C41H56N2O9. The first-order valence-corrected chi connectivity index (χ1v) is 18.2. The number of carbonyl (C=O) groups is 3. The number of carbonyl (C=O) groups excluding carboxylic acids is 3. The molecule has 0 aliphatic carbocycles. The number of ketones is 1. The van der Waals surface area contributed by atoms with Crippen LogP contribution in [0.1, 0.15) is 65.9 Å². The van der Waals surface area contributed by atoms with Gasteiger partial charge in [-0.05, 0) is 58.3 Å². The summed E-state index contributed by atoms with van der Waals surface area (Å²) in [7, 11) is 3.64. The second-order valence-corrected chi connectivity index (χ2v) is 14.2. The van der Waals surface area contributed by atoms with Gasteiger partial charge in [-0.1, -0.05) is 80.7 Å². The maximum absolute atomic E-state index is 13.3. The van der Waals surface area contributed by atoms with Gasteiger partial charge in [0.1, 0.15) is 37.1 Å². The number of ether oxygens (including phenoxy) is 4. The Kier molecular flexibility index (Phi) is 17.4. The number of aliphatic hydroxyl groups is 2. The summed E-state index contributed by atoms with van der Waals surface area (Å²) in [5, 5.41) is 33.0. The molecule has 1 aromatic rings. The Balaban J connectivity index is 1.90. The third-order valence-electron chi connectivity index (χ3n) is 9.97. The van der Waals surface area contributed by atoms with E-state index in [1.54, 1.807) is 39.8 Å². The number of allylic oxidation sites excluding steroid dienone is 3. The molecule has 0 radical (unpaired) electrons. The Labute approximate surface area is 308 Å². The summed E-state index contributed by atoms with van der Waals surface area (Å²) in [4.78, 5) is 40.3. The number of cyclic esters (lactones) is 1. The summed E-state index contributed by atoms with van der Waals surface area (Å²) in [5.41, 5.74) is 1.75. The highest BCUT2D eigenvalue weighted by molar-refractivity contribution is 5.91. The first-order valence-electron chi connectivity index (χ1n) is 18.2. The quantitative estimate of drug-likeness (QED) is 0.214. The van der Waals surface area contributed by atoms with Crippen LogP contribution >= 0.6 is 0 Å². The molecule has 11 heteroatoms. The number of esters is 1. The number of nitriles is 1. The number of hydrogen-bond donors (Lipinski definition) is 2. The molecule has 1 saturated heterocycles. The molecule has 0 spiro atoms. The lowest BCUT2D eigenvalue weighted by Gasteiger charge is -2.47. The van der Waals surface area contributed by atoms with E-state index in [1.165, 1.54) is 6.08 Å². The van der Waals surface area contributed by atoms with E-state index in [9.17, 15) is 29.9 Å². The minimum Gasteiger partial charge on any atom is -0.461 e. The average molecular weight is 721 g/mol. The summed E-state index contributed by atoms with van der Waals surface area (Å²) >= 11 is 0. The number of nitrogens with zero attached hydrogens (tertiary/aromatic N) is 2. The first kappa shape index (κ1) is 42.7. The standard InChI is InChI=1S/C41H56N2O9/c1-8-35-32(25-42)22-26(2)17-18-33(45)27(3)23-31(19-20-44)39(28(4)34(46)24-36(47)51-35)52-41-38(48)37(43(6)7)40(29(5)50-41)49-21-13-12-16-30-14-10-9-11-15-30/h9-11,14-15,17-18,20,22,27-29,31-32,34-35,37-41,46,48H,8,16,19,21,23-24H2,1-7H3/b18-17+,26-22+/t27-,28+,29-,31+,32-,34-,35-,37-,38-,39-,40-,41+/m1/s1. The molecular weight excluding hydrogens is 664 g/mol. The van der Waals surface area contributed by atoms with Gasteiger partial charge in [-0.3, -0.25) is 9.59 Å². The Bertz CT molecular complexity index is 1480. The van der Waals surface area contributed by atoms with Crippen LogP contribution < -0.4 is 0 Å². The summed E-state index contributed by atoms with van der Waals surface area (Å²) < 4.78 is 24.7. The molecule has 2 aliphatic rings. The van der Waals surface area contributed by atoms with Gasteiger partial charge in [0, 0.05) is 24.7 Å². The van der Waals surface area contributed by atoms with E-state index >= 15 is 0 Å². The lowest BCUT2D eigenvalue weighted by atomic mass is 9.79. The number of likely N-dealkylation sites (N-methyl/N-ethyl adjacent to an activating group) is 1. The molecule has 1 aromatic carbocycles. The summed E-state index contributed by atoms with van der Waals surface area (Å²) in [5.74, 6) is 2.65. The van der Waals surface area contributed by atoms with Gasteiger partial charge in [0.25, 0.3) is 0 Å².